The quantitative estimate of drug-likeness (QED) is 0.0806. The molecule has 2 heterocycles. The molecule has 0 radical (unpaired) electrons. The topological polar surface area (TPSA) is 89.2 Å². The number of hydrogen-bond donors (Lipinski definition) is 0. The summed E-state index contributed by atoms with van der Waals surface area (Å²) in [7, 11) is 0. The number of likely N-dealkylation sites (tertiary alicyclic amines) is 1. The Balaban J connectivity index is 1.29. The van der Waals surface area contributed by atoms with Crippen LogP contribution in [0, 0.1) is 25.2 Å². The van der Waals surface area contributed by atoms with Crippen LogP contribution in [-0.2, 0) is 24.5 Å². The van der Waals surface area contributed by atoms with Crippen LogP contribution >= 0.6 is 11.6 Å². The van der Waals surface area contributed by atoms with Gasteiger partial charge in [0, 0.05) is 61.9 Å². The lowest BCUT2D eigenvalue weighted by molar-refractivity contribution is 0.190. The SMILES string of the molecule is CCOCC=NCCCOc1cccc(-c2cccc(COc3cc(OCc4cncc(C#N)c4)c(CN4CCCCC4)cc3Cl)c2C)c1C. The van der Waals surface area contributed by atoms with Crippen molar-refractivity contribution in [3.8, 4) is 34.4 Å². The van der Waals surface area contributed by atoms with Crippen molar-refractivity contribution in [2.75, 3.05) is 39.5 Å². The van der Waals surface area contributed by atoms with E-state index in [1.807, 2.05) is 37.4 Å². The van der Waals surface area contributed by atoms with Gasteiger partial charge >= 0.3 is 0 Å². The van der Waals surface area contributed by atoms with Crippen LogP contribution in [0.3, 0.4) is 0 Å². The van der Waals surface area contributed by atoms with E-state index in [0.717, 1.165) is 70.7 Å². The second kappa shape index (κ2) is 19.1. The van der Waals surface area contributed by atoms with Crippen molar-refractivity contribution in [2.45, 2.75) is 66.2 Å². The van der Waals surface area contributed by atoms with Gasteiger partial charge in [-0.3, -0.25) is 14.9 Å². The van der Waals surface area contributed by atoms with Gasteiger partial charge in [-0.1, -0.05) is 48.4 Å². The molecule has 1 aliphatic heterocycles. The third-order valence-corrected chi connectivity index (χ3v) is 9.19. The van der Waals surface area contributed by atoms with E-state index in [-0.39, 0.29) is 6.61 Å². The van der Waals surface area contributed by atoms with E-state index in [9.17, 15) is 5.26 Å². The lowest BCUT2D eigenvalue weighted by atomic mass is 9.93. The molecule has 0 N–H and O–H groups in total. The summed E-state index contributed by atoms with van der Waals surface area (Å²) in [6.45, 7) is 12.2. The van der Waals surface area contributed by atoms with Crippen LogP contribution in [0.15, 0.2) is 72.0 Å². The fourth-order valence-corrected chi connectivity index (χ4v) is 6.33. The molecule has 0 unspecified atom stereocenters. The van der Waals surface area contributed by atoms with Crippen molar-refractivity contribution in [2.24, 2.45) is 4.99 Å². The number of rotatable bonds is 17. The Morgan fingerprint density at radius 1 is 0.880 bits per heavy atom. The summed E-state index contributed by atoms with van der Waals surface area (Å²) in [5.41, 5.74) is 7.89. The minimum Gasteiger partial charge on any atom is -0.493 e. The number of nitriles is 1. The molecule has 1 aliphatic rings. The molecule has 262 valence electrons. The average molecular weight is 695 g/mol. The summed E-state index contributed by atoms with van der Waals surface area (Å²) in [5, 5.41) is 9.86. The Morgan fingerprint density at radius 3 is 2.46 bits per heavy atom. The van der Waals surface area contributed by atoms with Crippen molar-refractivity contribution in [1.29, 1.82) is 5.26 Å². The molecule has 1 saturated heterocycles. The Hall–Kier alpha value is -4.42. The average Bonchev–Trinajstić information content (AvgIpc) is 3.13. The predicted molar refractivity (Wildman–Crippen MR) is 200 cm³/mol. The number of aliphatic imine (C=N–C) groups is 1. The Bertz CT molecular complexity index is 1780. The molecule has 5 rings (SSSR count). The normalized spacial score (nSPS) is 13.3. The summed E-state index contributed by atoms with van der Waals surface area (Å²) in [4.78, 5) is 11.0. The van der Waals surface area contributed by atoms with Crippen molar-refractivity contribution in [1.82, 2.24) is 9.88 Å². The van der Waals surface area contributed by atoms with Gasteiger partial charge in [0.1, 0.15) is 36.5 Å². The minimum atomic E-state index is 0.280. The first-order valence-corrected chi connectivity index (χ1v) is 17.9. The highest BCUT2D eigenvalue weighted by molar-refractivity contribution is 6.32. The molecule has 50 heavy (non-hydrogen) atoms. The monoisotopic (exact) mass is 694 g/mol. The van der Waals surface area contributed by atoms with Gasteiger partial charge in [-0.25, -0.2) is 0 Å². The maximum Gasteiger partial charge on any atom is 0.142 e. The third kappa shape index (κ3) is 10.3. The minimum absolute atomic E-state index is 0.280. The first-order valence-electron chi connectivity index (χ1n) is 17.5. The lowest BCUT2D eigenvalue weighted by Gasteiger charge is -2.27. The van der Waals surface area contributed by atoms with Crippen LogP contribution in [0.5, 0.6) is 17.2 Å². The van der Waals surface area contributed by atoms with E-state index in [1.54, 1.807) is 18.5 Å². The van der Waals surface area contributed by atoms with E-state index in [0.29, 0.717) is 55.1 Å². The highest BCUT2D eigenvalue weighted by Gasteiger charge is 2.18. The highest BCUT2D eigenvalue weighted by Crippen LogP contribution is 2.37. The molecule has 4 aromatic rings. The van der Waals surface area contributed by atoms with E-state index in [1.165, 1.54) is 19.3 Å². The van der Waals surface area contributed by atoms with Crippen LogP contribution in [0.2, 0.25) is 5.02 Å². The zero-order chi connectivity index (χ0) is 35.1. The maximum absolute atomic E-state index is 9.31. The van der Waals surface area contributed by atoms with E-state index in [2.05, 4.69) is 59.1 Å². The molecule has 1 fully saturated rings. The summed E-state index contributed by atoms with van der Waals surface area (Å²) in [6, 6.07) is 20.3. The number of ether oxygens (including phenoxy) is 4. The van der Waals surface area contributed by atoms with Crippen LogP contribution in [0.25, 0.3) is 11.1 Å². The van der Waals surface area contributed by atoms with Crippen molar-refractivity contribution >= 4 is 17.8 Å². The number of piperidine rings is 1. The molecule has 0 bridgehead atoms. The molecule has 0 atom stereocenters. The zero-order valence-electron chi connectivity index (χ0n) is 29.4. The van der Waals surface area contributed by atoms with E-state index >= 15 is 0 Å². The summed E-state index contributed by atoms with van der Waals surface area (Å²) in [5.74, 6) is 2.15. The molecule has 0 saturated carbocycles. The van der Waals surface area contributed by atoms with Gasteiger partial charge in [0.15, 0.2) is 0 Å². The Kier molecular flexibility index (Phi) is 14.1. The number of aromatic nitrogens is 1. The van der Waals surface area contributed by atoms with Gasteiger partial charge in [-0.15, -0.1) is 0 Å². The number of benzene rings is 3. The first-order chi connectivity index (χ1) is 24.5. The van der Waals surface area contributed by atoms with E-state index < -0.39 is 0 Å². The number of halogens is 1. The summed E-state index contributed by atoms with van der Waals surface area (Å²) >= 11 is 6.86. The van der Waals surface area contributed by atoms with Gasteiger partial charge in [-0.2, -0.15) is 5.26 Å². The lowest BCUT2D eigenvalue weighted by Crippen LogP contribution is -2.29. The van der Waals surface area contributed by atoms with E-state index in [4.69, 9.17) is 30.5 Å². The second-order valence-electron chi connectivity index (χ2n) is 12.5. The molecule has 0 aliphatic carbocycles. The van der Waals surface area contributed by atoms with Crippen LogP contribution in [0.1, 0.15) is 66.0 Å². The standard InChI is InChI=1S/C41H47ClN4O4/c1-4-47-20-16-44-15-10-19-48-39-14-9-13-37(31(39)3)36-12-8-11-34(30(36)2)29-50-41-23-40(49-28-33-21-32(24-43)25-45-26-33)35(22-38(41)42)27-46-17-6-5-7-18-46/h8-9,11-14,16,21-23,25-26H,4-7,10,15,17-20,27-29H2,1-3H3. The smallest absolute Gasteiger partial charge is 0.142 e. The van der Waals surface area contributed by atoms with Gasteiger partial charge in [0.05, 0.1) is 23.8 Å². The first kappa shape index (κ1) is 36.9. The molecule has 0 spiro atoms. The van der Waals surface area contributed by atoms with Crippen LogP contribution in [-0.4, -0.2) is 55.6 Å². The fourth-order valence-electron chi connectivity index (χ4n) is 6.09. The highest BCUT2D eigenvalue weighted by atomic mass is 35.5. The molecular weight excluding hydrogens is 648 g/mol. The number of hydrogen-bond acceptors (Lipinski definition) is 8. The zero-order valence-corrected chi connectivity index (χ0v) is 30.2. The number of nitrogens with zero attached hydrogens (tertiary/aromatic N) is 4. The molecule has 9 heteroatoms. The fraction of sp³-hybridized carbons (Fsp3) is 0.390. The Morgan fingerprint density at radius 2 is 1.66 bits per heavy atom. The largest absolute Gasteiger partial charge is 0.493 e. The van der Waals surface area contributed by atoms with Gasteiger partial charge in [0.25, 0.3) is 0 Å². The predicted octanol–water partition coefficient (Wildman–Crippen LogP) is 8.91. The van der Waals surface area contributed by atoms with Crippen LogP contribution < -0.4 is 14.2 Å². The maximum atomic E-state index is 9.31. The van der Waals surface area contributed by atoms with Gasteiger partial charge in [0.2, 0.25) is 0 Å². The number of pyridine rings is 1. The molecule has 3 aromatic carbocycles. The summed E-state index contributed by atoms with van der Waals surface area (Å²) in [6.07, 6.45) is 9.57. The molecular formula is C41H47ClN4O4. The Labute approximate surface area is 301 Å². The van der Waals surface area contributed by atoms with Crippen molar-refractivity contribution in [3.63, 3.8) is 0 Å². The molecule has 1 aromatic heterocycles. The summed E-state index contributed by atoms with van der Waals surface area (Å²) < 4.78 is 24.2. The third-order valence-electron chi connectivity index (χ3n) is 8.89. The van der Waals surface area contributed by atoms with Crippen molar-refractivity contribution in [3.05, 3.63) is 105 Å². The molecule has 0 amide bonds. The molecule has 8 nitrogen and oxygen atoms in total. The van der Waals surface area contributed by atoms with Crippen LogP contribution in [0.4, 0.5) is 0 Å². The van der Waals surface area contributed by atoms with Gasteiger partial charge < -0.3 is 18.9 Å². The van der Waals surface area contributed by atoms with Gasteiger partial charge in [-0.05, 0) is 92.7 Å². The van der Waals surface area contributed by atoms with Crippen molar-refractivity contribution < 1.29 is 18.9 Å². The second-order valence-corrected chi connectivity index (χ2v) is 12.9.